The minimum absolute atomic E-state index is 0.0934. The highest BCUT2D eigenvalue weighted by Crippen LogP contribution is 2.63. The highest BCUT2D eigenvalue weighted by molar-refractivity contribution is 5.98. The Balaban J connectivity index is 1.79. The topological polar surface area (TPSA) is 96.4 Å². The lowest BCUT2D eigenvalue weighted by Crippen LogP contribution is -2.60. The van der Waals surface area contributed by atoms with Gasteiger partial charge in [0.1, 0.15) is 17.6 Å². The number of aliphatic hydroxyl groups excluding tert-OH is 1. The van der Waals surface area contributed by atoms with Crippen LogP contribution in [0.3, 0.4) is 0 Å². The van der Waals surface area contributed by atoms with Gasteiger partial charge in [0.25, 0.3) is 0 Å². The Morgan fingerprint density at radius 3 is 2.59 bits per heavy atom. The van der Waals surface area contributed by atoms with Crippen LogP contribution in [0, 0.1) is 11.8 Å². The molecular formula is C26H40N2O6. The predicted molar refractivity (Wildman–Crippen MR) is 126 cm³/mol. The van der Waals surface area contributed by atoms with Crippen LogP contribution in [0.5, 0.6) is 0 Å². The minimum Gasteiger partial charge on any atom is -0.466 e. The first-order valence-corrected chi connectivity index (χ1v) is 13.0. The van der Waals surface area contributed by atoms with E-state index in [0.29, 0.717) is 25.8 Å². The van der Waals surface area contributed by atoms with Crippen molar-refractivity contribution in [3.8, 4) is 0 Å². The Morgan fingerprint density at radius 2 is 2.00 bits per heavy atom. The molecule has 2 amide bonds. The second-order valence-electron chi connectivity index (χ2n) is 10.5. The molecule has 6 atom stereocenters. The third-order valence-electron chi connectivity index (χ3n) is 8.69. The van der Waals surface area contributed by atoms with Gasteiger partial charge in [-0.05, 0) is 46.0 Å². The fourth-order valence-electron chi connectivity index (χ4n) is 7.15. The highest BCUT2D eigenvalue weighted by Gasteiger charge is 2.79. The number of esters is 1. The van der Waals surface area contributed by atoms with Crippen molar-refractivity contribution in [3.05, 3.63) is 12.7 Å². The van der Waals surface area contributed by atoms with Crippen molar-refractivity contribution in [2.45, 2.75) is 101 Å². The molecule has 1 saturated carbocycles. The van der Waals surface area contributed by atoms with E-state index in [9.17, 15) is 19.5 Å². The summed E-state index contributed by atoms with van der Waals surface area (Å²) in [6.45, 7) is 9.75. The number of carbonyl (C=O) groups is 3. The summed E-state index contributed by atoms with van der Waals surface area (Å²) < 4.78 is 12.0. The second kappa shape index (κ2) is 9.61. The van der Waals surface area contributed by atoms with Gasteiger partial charge >= 0.3 is 5.97 Å². The van der Waals surface area contributed by atoms with E-state index in [1.54, 1.807) is 17.9 Å². The molecule has 1 aliphatic carbocycles. The molecule has 0 aromatic rings. The molecule has 190 valence electrons. The van der Waals surface area contributed by atoms with Crippen molar-refractivity contribution in [3.63, 3.8) is 0 Å². The van der Waals surface area contributed by atoms with E-state index in [1.807, 2.05) is 18.7 Å². The second-order valence-corrected chi connectivity index (χ2v) is 10.5. The molecule has 0 aromatic heterocycles. The molecule has 4 rings (SSSR count). The lowest BCUT2D eigenvalue weighted by Gasteiger charge is -2.42. The van der Waals surface area contributed by atoms with Crippen LogP contribution in [0.1, 0.15) is 72.1 Å². The van der Waals surface area contributed by atoms with E-state index in [1.165, 1.54) is 0 Å². The highest BCUT2D eigenvalue weighted by atomic mass is 16.6. The molecule has 1 spiro atoms. The van der Waals surface area contributed by atoms with Crippen molar-refractivity contribution in [2.75, 3.05) is 19.8 Å². The Bertz CT molecular complexity index is 822. The number of nitrogens with zero attached hydrogens (tertiary/aromatic N) is 2. The molecular weight excluding hydrogens is 436 g/mol. The van der Waals surface area contributed by atoms with Gasteiger partial charge in [-0.15, -0.1) is 6.58 Å². The molecule has 3 saturated heterocycles. The van der Waals surface area contributed by atoms with Crippen LogP contribution in [0.15, 0.2) is 12.7 Å². The summed E-state index contributed by atoms with van der Waals surface area (Å²) in [5.41, 5.74) is -1.93. The van der Waals surface area contributed by atoms with Crippen LogP contribution < -0.4 is 0 Å². The summed E-state index contributed by atoms with van der Waals surface area (Å²) in [5.74, 6) is -2.40. The Labute approximate surface area is 202 Å². The monoisotopic (exact) mass is 476 g/mol. The van der Waals surface area contributed by atoms with E-state index in [2.05, 4.69) is 6.58 Å². The van der Waals surface area contributed by atoms with Gasteiger partial charge in [0, 0.05) is 12.6 Å². The van der Waals surface area contributed by atoms with Gasteiger partial charge < -0.3 is 24.4 Å². The number of aliphatic hydroxyl groups is 1. The molecule has 0 radical (unpaired) electrons. The van der Waals surface area contributed by atoms with Gasteiger partial charge in [0.05, 0.1) is 30.8 Å². The van der Waals surface area contributed by atoms with Crippen LogP contribution >= 0.6 is 0 Å². The van der Waals surface area contributed by atoms with E-state index in [4.69, 9.17) is 9.47 Å². The van der Waals surface area contributed by atoms with E-state index in [-0.39, 0.29) is 31.1 Å². The Hall–Kier alpha value is -1.93. The Morgan fingerprint density at radius 1 is 1.29 bits per heavy atom. The summed E-state index contributed by atoms with van der Waals surface area (Å²) in [4.78, 5) is 44.9. The minimum atomic E-state index is -1.09. The van der Waals surface area contributed by atoms with Crippen molar-refractivity contribution >= 4 is 17.8 Å². The summed E-state index contributed by atoms with van der Waals surface area (Å²) in [6.07, 6.45) is 8.51. The van der Waals surface area contributed by atoms with Crippen molar-refractivity contribution in [2.24, 2.45) is 11.8 Å². The van der Waals surface area contributed by atoms with Gasteiger partial charge in [0.2, 0.25) is 11.8 Å². The standard InChI is InChI=1S/C26H40N2O6/c1-5-15-27(18-11-9-8-10-12-18)23(31)21-26-14-13-25(4,34-26)20(24(32)33-7-3)19(26)22(30)28(21)17(6-2)16-29/h5,17-21,29H,1,6-16H2,2-4H3/t17-,19-,20-,21?,25+,26?/m0/s1. The first-order valence-electron chi connectivity index (χ1n) is 13.0. The van der Waals surface area contributed by atoms with Crippen molar-refractivity contribution in [1.29, 1.82) is 0 Å². The molecule has 34 heavy (non-hydrogen) atoms. The van der Waals surface area contributed by atoms with E-state index < -0.39 is 41.1 Å². The quantitative estimate of drug-likeness (QED) is 0.406. The van der Waals surface area contributed by atoms with Crippen molar-refractivity contribution in [1.82, 2.24) is 9.80 Å². The van der Waals surface area contributed by atoms with Gasteiger partial charge in [0.15, 0.2) is 0 Å². The normalized spacial score (nSPS) is 35.8. The number of hydrogen-bond acceptors (Lipinski definition) is 6. The number of likely N-dealkylation sites (tertiary alicyclic amines) is 1. The average molecular weight is 477 g/mol. The molecule has 2 unspecified atom stereocenters. The molecule has 4 aliphatic rings. The fraction of sp³-hybridized carbons (Fsp3) is 0.808. The zero-order chi connectivity index (χ0) is 24.7. The summed E-state index contributed by atoms with van der Waals surface area (Å²) >= 11 is 0. The molecule has 8 heteroatoms. The number of ether oxygens (including phenoxy) is 2. The number of hydrogen-bond donors (Lipinski definition) is 1. The number of amides is 2. The average Bonchev–Trinajstić information content (AvgIpc) is 3.40. The first-order chi connectivity index (χ1) is 16.3. The van der Waals surface area contributed by atoms with Crippen LogP contribution in [0.2, 0.25) is 0 Å². The maximum atomic E-state index is 14.4. The van der Waals surface area contributed by atoms with Gasteiger partial charge in [-0.1, -0.05) is 32.3 Å². The number of carbonyl (C=O) groups excluding carboxylic acids is 3. The van der Waals surface area contributed by atoms with Crippen LogP contribution in [0.4, 0.5) is 0 Å². The van der Waals surface area contributed by atoms with Crippen LogP contribution in [-0.4, -0.2) is 81.8 Å². The molecule has 4 fully saturated rings. The smallest absolute Gasteiger partial charge is 0.312 e. The van der Waals surface area contributed by atoms with Gasteiger partial charge in [-0.2, -0.15) is 0 Å². The van der Waals surface area contributed by atoms with Gasteiger partial charge in [-0.25, -0.2) is 0 Å². The van der Waals surface area contributed by atoms with E-state index in [0.717, 1.165) is 32.1 Å². The molecule has 3 heterocycles. The third-order valence-corrected chi connectivity index (χ3v) is 8.69. The maximum absolute atomic E-state index is 14.4. The number of rotatable bonds is 9. The summed E-state index contributed by atoms with van der Waals surface area (Å²) in [5, 5.41) is 10.2. The SMILES string of the molecule is C=CCN(C(=O)C1N([C@@H](CC)CO)C(=O)[C@@H]2[C@@H](C(=O)OCC)[C@@]3(C)CCC12O3)C1CCCCC1. The maximum Gasteiger partial charge on any atom is 0.312 e. The molecule has 8 nitrogen and oxygen atoms in total. The van der Waals surface area contributed by atoms with Gasteiger partial charge in [-0.3, -0.25) is 14.4 Å². The summed E-state index contributed by atoms with van der Waals surface area (Å²) in [7, 11) is 0. The third kappa shape index (κ3) is 3.68. The first kappa shape index (κ1) is 25.2. The number of fused-ring (bicyclic) bond motifs is 1. The fourth-order valence-corrected chi connectivity index (χ4v) is 7.15. The zero-order valence-corrected chi connectivity index (χ0v) is 20.8. The van der Waals surface area contributed by atoms with Crippen LogP contribution in [0.25, 0.3) is 0 Å². The molecule has 1 N–H and O–H groups in total. The molecule has 0 aromatic carbocycles. The van der Waals surface area contributed by atoms with E-state index >= 15 is 0 Å². The zero-order valence-electron chi connectivity index (χ0n) is 20.8. The predicted octanol–water partition coefficient (Wildman–Crippen LogP) is 2.43. The Kier molecular flexibility index (Phi) is 7.11. The van der Waals surface area contributed by atoms with Crippen LogP contribution in [-0.2, 0) is 23.9 Å². The lowest BCUT2D eigenvalue weighted by atomic mass is 9.66. The van der Waals surface area contributed by atoms with Crippen molar-refractivity contribution < 1.29 is 29.0 Å². The summed E-state index contributed by atoms with van der Waals surface area (Å²) in [6, 6.07) is -1.29. The largest absolute Gasteiger partial charge is 0.466 e. The molecule has 2 bridgehead atoms. The molecule has 3 aliphatic heterocycles. The lowest BCUT2D eigenvalue weighted by molar-refractivity contribution is -0.162.